The largest absolute Gasteiger partial charge is 0.368 e. The lowest BCUT2D eigenvalue weighted by Crippen LogP contribution is -2.56. The maximum atomic E-state index is 14.0. The van der Waals surface area contributed by atoms with Crippen LogP contribution in [0.5, 0.6) is 0 Å². The first-order valence-electron chi connectivity index (χ1n) is 10.5. The van der Waals surface area contributed by atoms with E-state index in [1.165, 1.54) is 17.0 Å². The van der Waals surface area contributed by atoms with E-state index in [2.05, 4.69) is 33.6 Å². The van der Waals surface area contributed by atoms with Crippen LogP contribution in [0.4, 0.5) is 16.0 Å². The Labute approximate surface area is 189 Å². The number of sulfone groups is 1. The van der Waals surface area contributed by atoms with Crippen LogP contribution in [0.2, 0.25) is 0 Å². The number of aromatic nitrogens is 2. The highest BCUT2D eigenvalue weighted by atomic mass is 32.2. The van der Waals surface area contributed by atoms with Crippen LogP contribution in [0.1, 0.15) is 29.9 Å². The minimum atomic E-state index is -3.66. The number of carbonyl (C=O) groups is 1. The predicted octanol–water partition coefficient (Wildman–Crippen LogP) is 2.38. The number of hydrogen-bond acceptors (Lipinski definition) is 7. The van der Waals surface area contributed by atoms with Crippen molar-refractivity contribution in [2.75, 3.05) is 49.8 Å². The summed E-state index contributed by atoms with van der Waals surface area (Å²) in [7, 11) is -0.286. The smallest absolute Gasteiger partial charge is 0.256 e. The summed E-state index contributed by atoms with van der Waals surface area (Å²) in [6.07, 6.45) is 2.58. The SMILES string of the molecule is Cc1nc(N2CCN(c3ccc(F)c(S(C)(=O)=O)c3)C[C@H]2C(C)C)ncc1C(=O)N(C)C. The number of carbonyl (C=O) groups excluding carboxylic acids is 1. The molecule has 0 aliphatic carbocycles. The summed E-state index contributed by atoms with van der Waals surface area (Å²) in [6, 6.07) is 4.26. The average molecular weight is 464 g/mol. The van der Waals surface area contributed by atoms with E-state index >= 15 is 0 Å². The lowest BCUT2D eigenvalue weighted by Gasteiger charge is -2.44. The molecule has 0 spiro atoms. The summed E-state index contributed by atoms with van der Waals surface area (Å²) >= 11 is 0. The van der Waals surface area contributed by atoms with Crippen LogP contribution in [0.15, 0.2) is 29.3 Å². The molecule has 32 heavy (non-hydrogen) atoms. The second kappa shape index (κ2) is 9.01. The van der Waals surface area contributed by atoms with Crippen LogP contribution in [-0.4, -0.2) is 75.2 Å². The molecule has 1 atom stereocenters. The maximum Gasteiger partial charge on any atom is 0.256 e. The zero-order chi connectivity index (χ0) is 23.8. The third-order valence-corrected chi connectivity index (χ3v) is 6.84. The molecule has 0 N–H and O–H groups in total. The van der Waals surface area contributed by atoms with Crippen LogP contribution < -0.4 is 9.80 Å². The number of halogens is 1. The Balaban J connectivity index is 1.88. The van der Waals surface area contributed by atoms with Crippen molar-refractivity contribution in [2.24, 2.45) is 5.92 Å². The summed E-state index contributed by atoms with van der Waals surface area (Å²) in [5.41, 5.74) is 1.76. The first-order valence-corrected chi connectivity index (χ1v) is 12.4. The molecule has 2 heterocycles. The number of amides is 1. The van der Waals surface area contributed by atoms with E-state index < -0.39 is 15.7 Å². The van der Waals surface area contributed by atoms with Gasteiger partial charge in [0.05, 0.1) is 17.3 Å². The van der Waals surface area contributed by atoms with E-state index in [0.717, 1.165) is 6.26 Å². The van der Waals surface area contributed by atoms with Crippen LogP contribution in [0.3, 0.4) is 0 Å². The Hall–Kier alpha value is -2.75. The van der Waals surface area contributed by atoms with Crippen LogP contribution in [-0.2, 0) is 9.84 Å². The highest BCUT2D eigenvalue weighted by Crippen LogP contribution is 2.28. The van der Waals surface area contributed by atoms with Gasteiger partial charge in [-0.15, -0.1) is 0 Å². The van der Waals surface area contributed by atoms with Gasteiger partial charge in [0.1, 0.15) is 10.7 Å². The molecule has 2 aromatic rings. The topological polar surface area (TPSA) is 86.7 Å². The molecule has 0 saturated carbocycles. The van der Waals surface area contributed by atoms with Gasteiger partial charge in [0.2, 0.25) is 5.95 Å². The summed E-state index contributed by atoms with van der Waals surface area (Å²) < 4.78 is 37.9. The number of anilines is 2. The van der Waals surface area contributed by atoms with Crippen molar-refractivity contribution in [3.8, 4) is 0 Å². The summed E-state index contributed by atoms with van der Waals surface area (Å²) in [4.78, 5) is 26.8. The molecule has 0 unspecified atom stereocenters. The van der Waals surface area contributed by atoms with Gasteiger partial charge in [0.15, 0.2) is 9.84 Å². The Bertz CT molecular complexity index is 1120. The van der Waals surface area contributed by atoms with Crippen LogP contribution in [0.25, 0.3) is 0 Å². The lowest BCUT2D eigenvalue weighted by molar-refractivity contribution is 0.0826. The quantitative estimate of drug-likeness (QED) is 0.673. The normalized spacial score (nSPS) is 17.1. The van der Waals surface area contributed by atoms with Gasteiger partial charge in [0.25, 0.3) is 5.91 Å². The fraction of sp³-hybridized carbons (Fsp3) is 0.500. The second-order valence-corrected chi connectivity index (χ2v) is 10.7. The van der Waals surface area contributed by atoms with Crippen molar-refractivity contribution < 1.29 is 17.6 Å². The minimum absolute atomic E-state index is 0.0466. The van der Waals surface area contributed by atoms with E-state index in [9.17, 15) is 17.6 Å². The number of aryl methyl sites for hydroxylation is 1. The molecular weight excluding hydrogens is 433 g/mol. The van der Waals surface area contributed by atoms with Crippen molar-refractivity contribution in [1.82, 2.24) is 14.9 Å². The Morgan fingerprint density at radius 2 is 1.94 bits per heavy atom. The Kier molecular flexibility index (Phi) is 6.73. The van der Waals surface area contributed by atoms with E-state index in [-0.39, 0.29) is 22.8 Å². The van der Waals surface area contributed by atoms with Crippen molar-refractivity contribution >= 4 is 27.4 Å². The van der Waals surface area contributed by atoms with Crippen molar-refractivity contribution in [2.45, 2.75) is 31.7 Å². The molecule has 1 aliphatic rings. The van der Waals surface area contributed by atoms with E-state index in [1.807, 2.05) is 0 Å². The van der Waals surface area contributed by atoms with Gasteiger partial charge in [-0.1, -0.05) is 13.8 Å². The fourth-order valence-corrected chi connectivity index (χ4v) is 4.64. The zero-order valence-corrected chi connectivity index (χ0v) is 20.1. The van der Waals surface area contributed by atoms with E-state index in [4.69, 9.17) is 0 Å². The van der Waals surface area contributed by atoms with Gasteiger partial charge in [-0.2, -0.15) is 0 Å². The molecule has 1 aliphatic heterocycles. The number of hydrogen-bond donors (Lipinski definition) is 0. The molecular formula is C22H30FN5O3S. The van der Waals surface area contributed by atoms with Crippen molar-refractivity contribution in [3.63, 3.8) is 0 Å². The molecule has 1 amide bonds. The highest BCUT2D eigenvalue weighted by molar-refractivity contribution is 7.90. The van der Waals surface area contributed by atoms with Gasteiger partial charge in [-0.3, -0.25) is 4.79 Å². The zero-order valence-electron chi connectivity index (χ0n) is 19.3. The molecule has 1 aromatic carbocycles. The Morgan fingerprint density at radius 1 is 1.25 bits per heavy atom. The monoisotopic (exact) mass is 463 g/mol. The average Bonchev–Trinajstić information content (AvgIpc) is 2.72. The molecule has 8 nitrogen and oxygen atoms in total. The lowest BCUT2D eigenvalue weighted by atomic mass is 9.99. The van der Waals surface area contributed by atoms with E-state index in [1.54, 1.807) is 33.3 Å². The molecule has 174 valence electrons. The fourth-order valence-electron chi connectivity index (χ4n) is 3.88. The number of nitrogens with zero attached hydrogens (tertiary/aromatic N) is 5. The van der Waals surface area contributed by atoms with E-state index in [0.29, 0.717) is 42.5 Å². The van der Waals surface area contributed by atoms with Crippen LogP contribution >= 0.6 is 0 Å². The minimum Gasteiger partial charge on any atom is -0.368 e. The standard InChI is InChI=1S/C22H30FN5O3S/c1-14(2)19-13-27(16-7-8-18(23)20(11-16)32(6,30)31)9-10-28(19)22-24-12-17(15(3)25-22)21(29)26(4)5/h7-8,11-12,14,19H,9-10,13H2,1-6H3/t19-/m0/s1. The van der Waals surface area contributed by atoms with Crippen molar-refractivity contribution in [3.05, 3.63) is 41.5 Å². The van der Waals surface area contributed by atoms with Gasteiger partial charge < -0.3 is 14.7 Å². The second-order valence-electron chi connectivity index (χ2n) is 8.71. The molecule has 0 radical (unpaired) electrons. The first kappa shape index (κ1) is 23.9. The highest BCUT2D eigenvalue weighted by Gasteiger charge is 2.32. The molecule has 1 fully saturated rings. The van der Waals surface area contributed by atoms with Crippen molar-refractivity contribution in [1.29, 1.82) is 0 Å². The Morgan fingerprint density at radius 3 is 2.50 bits per heavy atom. The first-order chi connectivity index (χ1) is 14.9. The van der Waals surface area contributed by atoms with Gasteiger partial charge in [0, 0.05) is 51.9 Å². The maximum absolute atomic E-state index is 14.0. The third-order valence-electron chi connectivity index (χ3n) is 5.73. The number of rotatable bonds is 5. The van der Waals surface area contributed by atoms with Gasteiger partial charge >= 0.3 is 0 Å². The van der Waals surface area contributed by atoms with Crippen LogP contribution in [0, 0.1) is 18.7 Å². The molecule has 10 heteroatoms. The van der Waals surface area contributed by atoms with Gasteiger partial charge in [-0.05, 0) is 31.0 Å². The molecule has 1 aromatic heterocycles. The third kappa shape index (κ3) is 4.85. The summed E-state index contributed by atoms with van der Waals surface area (Å²) in [5, 5.41) is 0. The predicted molar refractivity (Wildman–Crippen MR) is 122 cm³/mol. The molecule has 3 rings (SSSR count). The summed E-state index contributed by atoms with van der Waals surface area (Å²) in [5.74, 6) is -0.0736. The number of piperazine rings is 1. The molecule has 1 saturated heterocycles. The summed E-state index contributed by atoms with van der Waals surface area (Å²) in [6.45, 7) is 7.81. The number of benzene rings is 1. The van der Waals surface area contributed by atoms with Gasteiger partial charge in [-0.25, -0.2) is 22.8 Å². The molecule has 0 bridgehead atoms.